The van der Waals surface area contributed by atoms with Crippen LogP contribution in [-0.4, -0.2) is 51.3 Å². The van der Waals surface area contributed by atoms with Gasteiger partial charge in [0.2, 0.25) is 0 Å². The molecule has 1 aliphatic carbocycles. The van der Waals surface area contributed by atoms with E-state index in [1.54, 1.807) is 0 Å². The molecule has 9 heteroatoms. The van der Waals surface area contributed by atoms with Gasteiger partial charge in [-0.3, -0.25) is 4.79 Å². The third-order valence-electron chi connectivity index (χ3n) is 4.46. The third-order valence-corrected chi connectivity index (χ3v) is 4.46. The summed E-state index contributed by atoms with van der Waals surface area (Å²) in [5.74, 6) is -2.51. The Bertz CT molecular complexity index is 675. The Hall–Kier alpha value is -2.10. The molecule has 1 aliphatic rings. The first kappa shape index (κ1) is 21.2. The number of aliphatic hydroxyl groups is 3. The zero-order valence-electron chi connectivity index (χ0n) is 14.2. The molecule has 0 saturated heterocycles. The number of hydrogen-bond donors (Lipinski definition) is 4. The number of carboxylic acid groups (broad SMARTS) is 1. The van der Waals surface area contributed by atoms with Crippen LogP contribution in [0.1, 0.15) is 18.4 Å². The van der Waals surface area contributed by atoms with E-state index in [-0.39, 0.29) is 25.2 Å². The first-order chi connectivity index (χ1) is 12.6. The van der Waals surface area contributed by atoms with Gasteiger partial charge in [0.05, 0.1) is 24.2 Å². The topological polar surface area (TPSA) is 107 Å². The molecule has 0 aliphatic heterocycles. The molecule has 0 amide bonds. The Labute approximate surface area is 153 Å². The smallest absolute Gasteiger partial charge is 0.416 e. The molecule has 0 heterocycles. The van der Waals surface area contributed by atoms with Gasteiger partial charge in [-0.2, -0.15) is 13.2 Å². The summed E-state index contributed by atoms with van der Waals surface area (Å²) < 4.78 is 43.1. The molecule has 4 N–H and O–H groups in total. The number of carboxylic acids is 1. The number of aliphatic carboxylic acids is 1. The largest absolute Gasteiger partial charge is 0.491 e. The van der Waals surface area contributed by atoms with E-state index in [4.69, 9.17) is 9.84 Å². The maximum atomic E-state index is 12.7. The number of hydrogen-bond acceptors (Lipinski definition) is 5. The molecule has 1 aromatic rings. The van der Waals surface area contributed by atoms with Crippen molar-refractivity contribution in [2.45, 2.75) is 37.3 Å². The molecule has 150 valence electrons. The Balaban J connectivity index is 1.94. The van der Waals surface area contributed by atoms with Crippen molar-refractivity contribution in [2.24, 2.45) is 11.8 Å². The van der Waals surface area contributed by atoms with Crippen molar-refractivity contribution in [1.29, 1.82) is 0 Å². The highest BCUT2D eigenvalue weighted by Crippen LogP contribution is 2.36. The van der Waals surface area contributed by atoms with Gasteiger partial charge in [0, 0.05) is 18.3 Å². The summed E-state index contributed by atoms with van der Waals surface area (Å²) in [5.41, 5.74) is -0.871. The van der Waals surface area contributed by atoms with Crippen LogP contribution in [0.4, 0.5) is 13.2 Å². The molecule has 0 radical (unpaired) electrons. The minimum Gasteiger partial charge on any atom is -0.491 e. The summed E-state index contributed by atoms with van der Waals surface area (Å²) in [6, 6.07) is 4.23. The first-order valence-electron chi connectivity index (χ1n) is 8.32. The summed E-state index contributed by atoms with van der Waals surface area (Å²) in [6.07, 6.45) is -5.22. The normalized spacial score (nSPS) is 27.0. The van der Waals surface area contributed by atoms with Crippen LogP contribution in [0.5, 0.6) is 5.75 Å². The third kappa shape index (κ3) is 5.95. The lowest BCUT2D eigenvalue weighted by molar-refractivity contribution is -0.139. The summed E-state index contributed by atoms with van der Waals surface area (Å²) in [5, 5.41) is 38.6. The fourth-order valence-electron chi connectivity index (χ4n) is 3.12. The molecule has 1 saturated carbocycles. The number of benzene rings is 1. The highest BCUT2D eigenvalue weighted by Gasteiger charge is 2.41. The van der Waals surface area contributed by atoms with Gasteiger partial charge in [-0.1, -0.05) is 18.2 Å². The van der Waals surface area contributed by atoms with E-state index in [9.17, 15) is 33.3 Å². The number of alkyl halides is 3. The van der Waals surface area contributed by atoms with Crippen LogP contribution in [0.2, 0.25) is 0 Å². The minimum atomic E-state index is -4.50. The molecule has 0 spiro atoms. The Kier molecular flexibility index (Phi) is 6.85. The second-order valence-electron chi connectivity index (χ2n) is 6.50. The second kappa shape index (κ2) is 8.73. The molecular formula is C18H21F3O6. The summed E-state index contributed by atoms with van der Waals surface area (Å²) in [6.45, 7) is -0.327. The van der Waals surface area contributed by atoms with Crippen LogP contribution in [0.3, 0.4) is 0 Å². The van der Waals surface area contributed by atoms with Crippen LogP contribution < -0.4 is 4.74 Å². The van der Waals surface area contributed by atoms with Crippen molar-refractivity contribution in [1.82, 2.24) is 0 Å². The van der Waals surface area contributed by atoms with Gasteiger partial charge >= 0.3 is 12.1 Å². The van der Waals surface area contributed by atoms with Crippen molar-refractivity contribution in [3.63, 3.8) is 0 Å². The van der Waals surface area contributed by atoms with E-state index in [1.165, 1.54) is 24.3 Å². The Morgan fingerprint density at radius 1 is 1.30 bits per heavy atom. The quantitative estimate of drug-likeness (QED) is 0.529. The van der Waals surface area contributed by atoms with Crippen molar-refractivity contribution in [3.05, 3.63) is 42.0 Å². The maximum absolute atomic E-state index is 12.7. The van der Waals surface area contributed by atoms with E-state index in [0.29, 0.717) is 0 Å². The van der Waals surface area contributed by atoms with Gasteiger partial charge in [-0.05, 0) is 18.2 Å². The van der Waals surface area contributed by atoms with E-state index in [2.05, 4.69) is 0 Å². The number of halogens is 3. The van der Waals surface area contributed by atoms with Crippen molar-refractivity contribution in [3.8, 4) is 5.75 Å². The Morgan fingerprint density at radius 3 is 2.63 bits per heavy atom. The van der Waals surface area contributed by atoms with Crippen molar-refractivity contribution >= 4 is 5.97 Å². The predicted molar refractivity (Wildman–Crippen MR) is 87.9 cm³/mol. The summed E-state index contributed by atoms with van der Waals surface area (Å²) in [7, 11) is 0. The molecule has 6 nitrogen and oxygen atoms in total. The molecule has 0 aromatic heterocycles. The van der Waals surface area contributed by atoms with Crippen LogP contribution in [0.25, 0.3) is 0 Å². The molecular weight excluding hydrogens is 369 g/mol. The lowest BCUT2D eigenvalue weighted by Gasteiger charge is -2.19. The van der Waals surface area contributed by atoms with Gasteiger partial charge in [0.1, 0.15) is 18.5 Å². The lowest BCUT2D eigenvalue weighted by Crippen LogP contribution is -2.24. The molecule has 0 bridgehead atoms. The summed E-state index contributed by atoms with van der Waals surface area (Å²) in [4.78, 5) is 10.9. The second-order valence-corrected chi connectivity index (χ2v) is 6.50. The maximum Gasteiger partial charge on any atom is 0.416 e. The fourth-order valence-corrected chi connectivity index (χ4v) is 3.12. The first-order valence-corrected chi connectivity index (χ1v) is 8.32. The van der Waals surface area contributed by atoms with Gasteiger partial charge in [0.25, 0.3) is 0 Å². The van der Waals surface area contributed by atoms with E-state index >= 15 is 0 Å². The van der Waals surface area contributed by atoms with Gasteiger partial charge < -0.3 is 25.2 Å². The van der Waals surface area contributed by atoms with E-state index in [1.807, 2.05) is 0 Å². The number of carbonyl (C=O) groups is 1. The zero-order chi connectivity index (χ0) is 20.2. The molecule has 5 atom stereocenters. The molecule has 1 fully saturated rings. The van der Waals surface area contributed by atoms with Crippen LogP contribution in [0, 0.1) is 11.8 Å². The average Bonchev–Trinajstić information content (AvgIpc) is 2.83. The lowest BCUT2D eigenvalue weighted by atomic mass is 9.90. The fraction of sp³-hybridized carbons (Fsp3) is 0.500. The Morgan fingerprint density at radius 2 is 2.00 bits per heavy atom. The van der Waals surface area contributed by atoms with E-state index < -0.39 is 47.9 Å². The highest BCUT2D eigenvalue weighted by molar-refractivity contribution is 5.67. The standard InChI is InChI=1S/C18H21F3O6/c19-18(20,21)10-2-1-3-12(6-10)27-9-11(22)4-5-13-14(7-17(25)26)16(24)8-15(13)23/h1-6,11,13-16,22-24H,7-9H2,(H,25,26)/t11-,13-,14+,15+,16+/m0/s1. The average molecular weight is 390 g/mol. The molecule has 2 rings (SSSR count). The van der Waals surface area contributed by atoms with Gasteiger partial charge in [-0.15, -0.1) is 0 Å². The SMILES string of the molecule is O=C(O)C[C@@H]1[C@H](C=C[C@H](O)COc2cccc(C(F)(F)F)c2)[C@H](O)C[C@H]1O. The van der Waals surface area contributed by atoms with Crippen molar-refractivity contribution in [2.75, 3.05) is 6.61 Å². The highest BCUT2D eigenvalue weighted by atomic mass is 19.4. The monoisotopic (exact) mass is 390 g/mol. The molecule has 0 unspecified atom stereocenters. The molecule has 1 aromatic carbocycles. The van der Waals surface area contributed by atoms with E-state index in [0.717, 1.165) is 12.1 Å². The summed E-state index contributed by atoms with van der Waals surface area (Å²) >= 11 is 0. The van der Waals surface area contributed by atoms with Crippen LogP contribution in [0.15, 0.2) is 36.4 Å². The number of rotatable bonds is 7. The van der Waals surface area contributed by atoms with Gasteiger partial charge in [0.15, 0.2) is 0 Å². The number of ether oxygens (including phenoxy) is 1. The number of aliphatic hydroxyl groups excluding tert-OH is 3. The van der Waals surface area contributed by atoms with Crippen LogP contribution >= 0.6 is 0 Å². The minimum absolute atomic E-state index is 0.0315. The molecule has 27 heavy (non-hydrogen) atoms. The van der Waals surface area contributed by atoms with Crippen LogP contribution in [-0.2, 0) is 11.0 Å². The van der Waals surface area contributed by atoms with Gasteiger partial charge in [-0.25, -0.2) is 0 Å². The predicted octanol–water partition coefficient (Wildman–Crippen LogP) is 1.83. The zero-order valence-corrected chi connectivity index (χ0v) is 14.2. The van der Waals surface area contributed by atoms with Crippen molar-refractivity contribution < 1.29 is 43.1 Å².